The third-order valence-electron chi connectivity index (χ3n) is 6.09. The molecule has 0 fully saturated rings. The minimum absolute atomic E-state index is 0. The molecule has 40 heavy (non-hydrogen) atoms. The summed E-state index contributed by atoms with van der Waals surface area (Å²) in [5, 5.41) is 19.9. The van der Waals surface area contributed by atoms with E-state index in [2.05, 4.69) is 0 Å². The van der Waals surface area contributed by atoms with Crippen LogP contribution in [0.3, 0.4) is 0 Å². The zero-order valence-corrected chi connectivity index (χ0v) is 21.0. The molecule has 4 rings (SSSR count). The Morgan fingerprint density at radius 2 is 0.900 bits per heavy atom. The highest BCUT2D eigenvalue weighted by molar-refractivity contribution is 6.09. The average Bonchev–Trinajstić information content (AvgIpc) is 2.96. The summed E-state index contributed by atoms with van der Waals surface area (Å²) in [7, 11) is 0. The van der Waals surface area contributed by atoms with Gasteiger partial charge in [0, 0.05) is 34.1 Å². The minimum atomic E-state index is -1.15. The van der Waals surface area contributed by atoms with Crippen LogP contribution in [0.25, 0.3) is 0 Å². The second kappa shape index (κ2) is 15.5. The molecule has 208 valence electrons. The summed E-state index contributed by atoms with van der Waals surface area (Å²) in [5.74, 6) is -3.62. The van der Waals surface area contributed by atoms with Crippen molar-refractivity contribution in [3.05, 3.63) is 143 Å². The van der Waals surface area contributed by atoms with Gasteiger partial charge in [0.2, 0.25) is 0 Å². The molecule has 0 aliphatic carbocycles. The number of carboxylic acids is 2. The van der Waals surface area contributed by atoms with Crippen molar-refractivity contribution in [2.24, 2.45) is 0 Å². The van der Waals surface area contributed by atoms with E-state index in [-0.39, 0.29) is 26.4 Å². The molecule has 4 aromatic carbocycles. The van der Waals surface area contributed by atoms with Gasteiger partial charge in [-0.2, -0.15) is 0 Å². The van der Waals surface area contributed by atoms with E-state index in [1.54, 1.807) is 111 Å². The second-order valence-electron chi connectivity index (χ2n) is 8.74. The predicted octanol–water partition coefficient (Wildman–Crippen LogP) is 6.15. The van der Waals surface area contributed by atoms with Crippen LogP contribution in [-0.4, -0.2) is 28.6 Å². The van der Waals surface area contributed by atoms with Crippen LogP contribution in [0.4, 0.5) is 0 Å². The van der Waals surface area contributed by atoms with Crippen molar-refractivity contribution >= 4 is 23.5 Å². The molecule has 2 unspecified atom stereocenters. The van der Waals surface area contributed by atoms with Gasteiger partial charge in [-0.1, -0.05) is 119 Å². The number of carbonyl (C=O) groups excluding carboxylic acids is 3. The lowest BCUT2D eigenvalue weighted by atomic mass is 9.96. The van der Waals surface area contributed by atoms with Gasteiger partial charge in [-0.3, -0.25) is 14.4 Å². The normalized spacial score (nSPS) is 11.2. The Bertz CT molecular complexity index is 1320. The summed E-state index contributed by atoms with van der Waals surface area (Å²) in [6.45, 7) is 3.15. The molecule has 0 saturated carbocycles. The second-order valence-corrected chi connectivity index (χ2v) is 8.74. The standard InChI is InChI=1S/2C16H14O3.2CH4/c2*1-11(16(18)19)13-8-5-9-14(10-13)15(17)12-6-3-2-4-7-12;;/h2*2-11H,1H3,(H,18,19);2*1H4/p-1. The highest BCUT2D eigenvalue weighted by atomic mass is 16.4. The molecule has 0 bridgehead atoms. The molecule has 6 heteroatoms. The van der Waals surface area contributed by atoms with Crippen molar-refractivity contribution in [2.45, 2.75) is 40.5 Å². The molecular weight excluding hydrogens is 504 g/mol. The first-order valence-electron chi connectivity index (χ1n) is 12.0. The van der Waals surface area contributed by atoms with Crippen LogP contribution in [0, 0.1) is 0 Å². The van der Waals surface area contributed by atoms with Crippen LogP contribution in [0.2, 0.25) is 0 Å². The number of aliphatic carboxylic acids is 2. The molecule has 1 N–H and O–H groups in total. The van der Waals surface area contributed by atoms with Gasteiger partial charge in [-0.15, -0.1) is 0 Å². The van der Waals surface area contributed by atoms with Gasteiger partial charge in [0.1, 0.15) is 0 Å². The van der Waals surface area contributed by atoms with E-state index in [9.17, 15) is 24.3 Å². The molecule has 2 atom stereocenters. The molecule has 0 aliphatic rings. The molecule has 6 nitrogen and oxygen atoms in total. The number of rotatable bonds is 8. The van der Waals surface area contributed by atoms with Crippen molar-refractivity contribution in [1.29, 1.82) is 0 Å². The van der Waals surface area contributed by atoms with Crippen LogP contribution in [0.5, 0.6) is 0 Å². The highest BCUT2D eigenvalue weighted by Crippen LogP contribution is 2.20. The topological polar surface area (TPSA) is 112 Å². The number of carboxylic acid groups (broad SMARTS) is 2. The first-order chi connectivity index (χ1) is 18.2. The van der Waals surface area contributed by atoms with E-state index < -0.39 is 23.8 Å². The smallest absolute Gasteiger partial charge is 0.310 e. The van der Waals surface area contributed by atoms with Crippen LogP contribution >= 0.6 is 0 Å². The summed E-state index contributed by atoms with van der Waals surface area (Å²) in [5.41, 5.74) is 3.38. The molecule has 0 spiro atoms. The summed E-state index contributed by atoms with van der Waals surface area (Å²) in [6.07, 6.45) is 0. The summed E-state index contributed by atoms with van der Waals surface area (Å²) < 4.78 is 0. The predicted molar refractivity (Wildman–Crippen MR) is 156 cm³/mol. The van der Waals surface area contributed by atoms with Gasteiger partial charge < -0.3 is 15.0 Å². The van der Waals surface area contributed by atoms with E-state index in [1.807, 2.05) is 12.1 Å². The molecule has 0 radical (unpaired) electrons. The van der Waals surface area contributed by atoms with Gasteiger partial charge in [-0.25, -0.2) is 0 Å². The van der Waals surface area contributed by atoms with Crippen molar-refractivity contribution in [2.75, 3.05) is 0 Å². The lowest BCUT2D eigenvalue weighted by Crippen LogP contribution is -2.28. The zero-order valence-electron chi connectivity index (χ0n) is 21.0. The Morgan fingerprint density at radius 3 is 1.25 bits per heavy atom. The van der Waals surface area contributed by atoms with Crippen LogP contribution in [0.15, 0.2) is 109 Å². The molecular formula is C34H35O6-. The van der Waals surface area contributed by atoms with E-state index in [0.717, 1.165) is 0 Å². The maximum absolute atomic E-state index is 12.2. The van der Waals surface area contributed by atoms with Gasteiger partial charge >= 0.3 is 5.97 Å². The van der Waals surface area contributed by atoms with Gasteiger partial charge in [-0.05, 0) is 30.2 Å². The average molecular weight is 540 g/mol. The Kier molecular flexibility index (Phi) is 12.9. The summed E-state index contributed by atoms with van der Waals surface area (Å²) in [6, 6.07) is 31.3. The van der Waals surface area contributed by atoms with E-state index in [1.165, 1.54) is 0 Å². The number of carbonyl (C=O) groups is 4. The van der Waals surface area contributed by atoms with Crippen molar-refractivity contribution < 1.29 is 29.4 Å². The first-order valence-corrected chi connectivity index (χ1v) is 12.0. The number of hydrogen-bond donors (Lipinski definition) is 1. The lowest BCUT2D eigenvalue weighted by Gasteiger charge is -2.13. The van der Waals surface area contributed by atoms with E-state index in [0.29, 0.717) is 33.4 Å². The van der Waals surface area contributed by atoms with Crippen molar-refractivity contribution in [1.82, 2.24) is 0 Å². The van der Waals surface area contributed by atoms with Crippen LogP contribution in [-0.2, 0) is 9.59 Å². The fraction of sp³-hybridized carbons (Fsp3) is 0.176. The van der Waals surface area contributed by atoms with Gasteiger partial charge in [0.25, 0.3) is 0 Å². The van der Waals surface area contributed by atoms with Gasteiger partial charge in [0.05, 0.1) is 5.92 Å². The molecule has 0 aliphatic heterocycles. The zero-order chi connectivity index (χ0) is 27.7. The van der Waals surface area contributed by atoms with Crippen LogP contribution in [0.1, 0.15) is 83.5 Å². The SMILES string of the molecule is C.C.CC(C(=O)O)c1cccc(C(=O)c2ccccc2)c1.CC(C(=O)[O-])c1cccc(C(=O)c2ccccc2)c1. The third-order valence-corrected chi connectivity index (χ3v) is 6.09. The van der Waals surface area contributed by atoms with E-state index >= 15 is 0 Å². The Balaban J connectivity index is 0.000000381. The van der Waals surface area contributed by atoms with E-state index in [4.69, 9.17) is 5.11 Å². The lowest BCUT2D eigenvalue weighted by molar-refractivity contribution is -0.307. The number of hydrogen-bond acceptors (Lipinski definition) is 5. The monoisotopic (exact) mass is 539 g/mol. The third kappa shape index (κ3) is 8.60. The Hall–Kier alpha value is -4.84. The fourth-order valence-electron chi connectivity index (χ4n) is 3.69. The largest absolute Gasteiger partial charge is 0.550 e. The Labute approximate surface area is 236 Å². The first kappa shape index (κ1) is 33.2. The molecule has 0 amide bonds. The molecule has 4 aromatic rings. The molecule has 0 heterocycles. The molecule has 0 aromatic heterocycles. The maximum Gasteiger partial charge on any atom is 0.310 e. The number of ketones is 2. The quantitative estimate of drug-likeness (QED) is 0.269. The highest BCUT2D eigenvalue weighted by Gasteiger charge is 2.16. The summed E-state index contributed by atoms with van der Waals surface area (Å²) in [4.78, 5) is 46.3. The maximum atomic E-state index is 12.2. The minimum Gasteiger partial charge on any atom is -0.550 e. The molecule has 0 saturated heterocycles. The number of benzene rings is 4. The van der Waals surface area contributed by atoms with Crippen molar-refractivity contribution in [3.8, 4) is 0 Å². The van der Waals surface area contributed by atoms with Gasteiger partial charge in [0.15, 0.2) is 11.6 Å². The Morgan fingerprint density at radius 1 is 0.550 bits per heavy atom. The van der Waals surface area contributed by atoms with Crippen LogP contribution < -0.4 is 5.11 Å². The van der Waals surface area contributed by atoms with Crippen molar-refractivity contribution in [3.63, 3.8) is 0 Å². The fourth-order valence-corrected chi connectivity index (χ4v) is 3.69. The summed E-state index contributed by atoms with van der Waals surface area (Å²) >= 11 is 0.